The molecule has 0 saturated carbocycles. The van der Waals surface area contributed by atoms with Crippen molar-refractivity contribution in [1.82, 2.24) is 0 Å². The molecular weight excluding hydrogens is 415 g/mol. The molecular formula is C21H12F3N3O4. The van der Waals surface area contributed by atoms with Gasteiger partial charge in [-0.25, -0.2) is 0 Å². The molecule has 1 N–H and O–H groups in total. The third-order valence-electron chi connectivity index (χ3n) is 4.07. The van der Waals surface area contributed by atoms with Gasteiger partial charge in [-0.1, -0.05) is 18.2 Å². The lowest BCUT2D eigenvalue weighted by Gasteiger charge is -2.09. The molecule has 0 atom stereocenters. The van der Waals surface area contributed by atoms with Crippen molar-refractivity contribution >= 4 is 23.4 Å². The van der Waals surface area contributed by atoms with E-state index in [1.807, 2.05) is 0 Å². The fourth-order valence-electron chi connectivity index (χ4n) is 2.62. The van der Waals surface area contributed by atoms with Crippen LogP contribution in [0.4, 0.5) is 24.5 Å². The minimum Gasteiger partial charge on any atom is -0.457 e. The van der Waals surface area contributed by atoms with E-state index in [1.165, 1.54) is 36.4 Å². The van der Waals surface area contributed by atoms with Crippen molar-refractivity contribution in [3.63, 3.8) is 0 Å². The molecule has 0 aliphatic rings. The molecule has 1 heterocycles. The number of nitrogens with one attached hydrogen (secondary N) is 1. The van der Waals surface area contributed by atoms with Gasteiger partial charge in [0.2, 0.25) is 0 Å². The van der Waals surface area contributed by atoms with Gasteiger partial charge in [-0.15, -0.1) is 0 Å². The minimum atomic E-state index is -4.58. The molecule has 0 bridgehead atoms. The first-order valence-corrected chi connectivity index (χ1v) is 8.62. The summed E-state index contributed by atoms with van der Waals surface area (Å²) in [4.78, 5) is 22.6. The van der Waals surface area contributed by atoms with Gasteiger partial charge >= 0.3 is 6.18 Å². The average molecular weight is 427 g/mol. The lowest BCUT2D eigenvalue weighted by molar-refractivity contribution is -0.384. The first-order chi connectivity index (χ1) is 14.7. The van der Waals surface area contributed by atoms with E-state index in [2.05, 4.69) is 5.32 Å². The fourth-order valence-corrected chi connectivity index (χ4v) is 2.62. The van der Waals surface area contributed by atoms with E-state index in [0.29, 0.717) is 5.56 Å². The molecule has 0 spiro atoms. The second-order valence-electron chi connectivity index (χ2n) is 6.21. The Kier molecular flexibility index (Phi) is 5.88. The number of furan rings is 1. The third-order valence-corrected chi connectivity index (χ3v) is 4.07. The highest BCUT2D eigenvalue weighted by Gasteiger charge is 2.30. The second-order valence-corrected chi connectivity index (χ2v) is 6.21. The topological polar surface area (TPSA) is 109 Å². The molecule has 3 rings (SSSR count). The Hall–Kier alpha value is -4.39. The SMILES string of the molecule is N#C/C(=C\c1ccc(-c2cccc([N+](=O)[O-])c2)o1)C(=O)Nc1cccc(C(F)(F)F)c1. The molecule has 2 aromatic carbocycles. The van der Waals surface area contributed by atoms with E-state index in [9.17, 15) is 33.3 Å². The maximum Gasteiger partial charge on any atom is 0.416 e. The van der Waals surface area contributed by atoms with Crippen LogP contribution in [-0.4, -0.2) is 10.8 Å². The normalized spacial score (nSPS) is 11.6. The van der Waals surface area contributed by atoms with Crippen molar-refractivity contribution in [3.8, 4) is 17.4 Å². The summed E-state index contributed by atoms with van der Waals surface area (Å²) in [5, 5.41) is 22.4. The van der Waals surface area contributed by atoms with Gasteiger partial charge in [0.15, 0.2) is 0 Å². The van der Waals surface area contributed by atoms with E-state index in [0.717, 1.165) is 24.3 Å². The zero-order valence-corrected chi connectivity index (χ0v) is 15.5. The summed E-state index contributed by atoms with van der Waals surface area (Å²) < 4.78 is 43.9. The van der Waals surface area contributed by atoms with E-state index in [-0.39, 0.29) is 22.9 Å². The largest absolute Gasteiger partial charge is 0.457 e. The maximum atomic E-state index is 12.8. The highest BCUT2D eigenvalue weighted by molar-refractivity contribution is 6.09. The highest BCUT2D eigenvalue weighted by Crippen LogP contribution is 2.31. The lowest BCUT2D eigenvalue weighted by atomic mass is 10.1. The minimum absolute atomic E-state index is 0.109. The molecule has 0 aliphatic carbocycles. The second kappa shape index (κ2) is 8.54. The van der Waals surface area contributed by atoms with E-state index < -0.39 is 28.1 Å². The van der Waals surface area contributed by atoms with E-state index in [4.69, 9.17) is 4.42 Å². The summed E-state index contributed by atoms with van der Waals surface area (Å²) in [6, 6.07) is 14.3. The quantitative estimate of drug-likeness (QED) is 0.253. The molecule has 0 saturated heterocycles. The molecule has 0 fully saturated rings. The molecule has 0 radical (unpaired) electrons. The van der Waals surface area contributed by atoms with Crippen LogP contribution in [0.5, 0.6) is 0 Å². The number of anilines is 1. The van der Waals surface area contributed by atoms with E-state index >= 15 is 0 Å². The van der Waals surface area contributed by atoms with Crippen molar-refractivity contribution in [2.24, 2.45) is 0 Å². The zero-order valence-electron chi connectivity index (χ0n) is 15.5. The lowest BCUT2D eigenvalue weighted by Crippen LogP contribution is -2.14. The number of benzene rings is 2. The number of amides is 1. The number of hydrogen-bond donors (Lipinski definition) is 1. The van der Waals surface area contributed by atoms with Crippen LogP contribution in [0.25, 0.3) is 17.4 Å². The van der Waals surface area contributed by atoms with Crippen LogP contribution in [0.15, 0.2) is 70.7 Å². The van der Waals surface area contributed by atoms with Gasteiger partial charge in [-0.3, -0.25) is 14.9 Å². The summed E-state index contributed by atoms with van der Waals surface area (Å²) in [6.07, 6.45) is -3.46. The number of rotatable bonds is 5. The zero-order chi connectivity index (χ0) is 22.6. The molecule has 1 amide bonds. The Morgan fingerprint density at radius 3 is 2.55 bits per heavy atom. The predicted molar refractivity (Wildman–Crippen MR) is 104 cm³/mol. The van der Waals surface area contributed by atoms with Crippen molar-refractivity contribution in [3.05, 3.63) is 87.7 Å². The van der Waals surface area contributed by atoms with Crippen LogP contribution < -0.4 is 5.32 Å². The number of carbonyl (C=O) groups excluding carboxylic acids is 1. The van der Waals surface area contributed by atoms with E-state index in [1.54, 1.807) is 12.1 Å². The van der Waals surface area contributed by atoms with Crippen LogP contribution >= 0.6 is 0 Å². The highest BCUT2D eigenvalue weighted by atomic mass is 19.4. The molecule has 31 heavy (non-hydrogen) atoms. The first kappa shape index (κ1) is 21.3. The van der Waals surface area contributed by atoms with Crippen LogP contribution in [0.1, 0.15) is 11.3 Å². The number of nitrogens with zero attached hydrogens (tertiary/aromatic N) is 2. The number of nitriles is 1. The number of nitro groups is 1. The van der Waals surface area contributed by atoms with Crippen molar-refractivity contribution in [2.45, 2.75) is 6.18 Å². The smallest absolute Gasteiger partial charge is 0.416 e. The Balaban J connectivity index is 1.81. The number of hydrogen-bond acceptors (Lipinski definition) is 5. The fraction of sp³-hybridized carbons (Fsp3) is 0.0476. The van der Waals surface area contributed by atoms with Crippen LogP contribution in [0, 0.1) is 21.4 Å². The Morgan fingerprint density at radius 2 is 1.87 bits per heavy atom. The first-order valence-electron chi connectivity index (χ1n) is 8.62. The maximum absolute atomic E-state index is 12.8. The Morgan fingerprint density at radius 1 is 1.13 bits per heavy atom. The van der Waals surface area contributed by atoms with Crippen molar-refractivity contribution < 1.29 is 27.3 Å². The molecule has 0 unspecified atom stereocenters. The van der Waals surface area contributed by atoms with Crippen LogP contribution in [-0.2, 0) is 11.0 Å². The van der Waals surface area contributed by atoms with Gasteiger partial charge in [-0.2, -0.15) is 18.4 Å². The summed E-state index contributed by atoms with van der Waals surface area (Å²) in [5.41, 5.74) is -1.19. The van der Waals surface area contributed by atoms with Crippen molar-refractivity contribution in [2.75, 3.05) is 5.32 Å². The molecule has 7 nitrogen and oxygen atoms in total. The Labute approximate surface area is 173 Å². The standard InChI is InChI=1S/C21H12F3N3O4/c22-21(23,24)15-4-2-5-16(11-15)26-20(28)14(12-25)10-18-7-8-19(31-18)13-3-1-6-17(9-13)27(29)30/h1-11H,(H,26,28)/b14-10+. The summed E-state index contributed by atoms with van der Waals surface area (Å²) in [7, 11) is 0. The average Bonchev–Trinajstić information content (AvgIpc) is 3.20. The van der Waals surface area contributed by atoms with Gasteiger partial charge in [0, 0.05) is 29.5 Å². The monoisotopic (exact) mass is 427 g/mol. The number of nitro benzene ring substituents is 1. The number of alkyl halides is 3. The third kappa shape index (κ3) is 5.16. The molecule has 3 aromatic rings. The number of carbonyl (C=O) groups is 1. The van der Waals surface area contributed by atoms with Crippen LogP contribution in [0.3, 0.4) is 0 Å². The predicted octanol–water partition coefficient (Wildman–Crippen LogP) is 5.42. The number of non-ortho nitro benzene ring substituents is 1. The molecule has 10 heteroatoms. The number of halogens is 3. The van der Waals surface area contributed by atoms with Crippen LogP contribution in [0.2, 0.25) is 0 Å². The van der Waals surface area contributed by atoms with Gasteiger partial charge in [0.1, 0.15) is 23.2 Å². The molecule has 156 valence electrons. The summed E-state index contributed by atoms with van der Waals surface area (Å²) >= 11 is 0. The van der Waals surface area contributed by atoms with Gasteiger partial charge in [0.25, 0.3) is 11.6 Å². The summed E-state index contributed by atoms with van der Waals surface area (Å²) in [6.45, 7) is 0. The Bertz CT molecular complexity index is 1220. The van der Waals surface area contributed by atoms with Crippen molar-refractivity contribution in [1.29, 1.82) is 5.26 Å². The van der Waals surface area contributed by atoms with Gasteiger partial charge in [0.05, 0.1) is 10.5 Å². The van der Waals surface area contributed by atoms with Gasteiger partial charge in [-0.05, 0) is 30.3 Å². The molecule has 1 aromatic heterocycles. The molecule has 0 aliphatic heterocycles. The summed E-state index contributed by atoms with van der Waals surface area (Å²) in [5.74, 6) is -0.544. The van der Waals surface area contributed by atoms with Gasteiger partial charge < -0.3 is 9.73 Å².